The molecule has 2 aromatic rings. The molecule has 2 aromatic carbocycles. The minimum Gasteiger partial charge on any atom is -0.207 e. The minimum atomic E-state index is -3.51. The number of hydrogen-bond donors (Lipinski definition) is 0. The van der Waals surface area contributed by atoms with Gasteiger partial charge in [-0.05, 0) is 60.6 Å². The minimum absolute atomic E-state index is 0.205. The first-order valence-corrected chi connectivity index (χ1v) is 10.1. The van der Waals surface area contributed by atoms with Gasteiger partial charge in [0.25, 0.3) is 0 Å². The highest BCUT2D eigenvalue weighted by atomic mass is 32.2. The molecule has 0 radical (unpaired) electrons. The first-order chi connectivity index (χ1) is 12.1. The van der Waals surface area contributed by atoms with Crippen molar-refractivity contribution in [1.82, 2.24) is 4.31 Å². The second kappa shape index (κ2) is 6.39. The van der Waals surface area contributed by atoms with Gasteiger partial charge in [-0.1, -0.05) is 36.4 Å². The van der Waals surface area contributed by atoms with Crippen LogP contribution in [0.1, 0.15) is 42.0 Å². The standard InChI is InChI=1S/C20H20FNO2S/c21-18-10-7-16(8-11-18)20-6-3-13-22(20)25(23,24)19-12-9-15-4-1-2-5-17(15)14-19/h1-2,4-5,7-8,10-11,14,20H,3,6,9,12-13H2/t20-/m1/s1. The summed E-state index contributed by atoms with van der Waals surface area (Å²) in [5.74, 6) is -0.303. The van der Waals surface area contributed by atoms with Crippen molar-refractivity contribution in [3.05, 3.63) is 75.9 Å². The smallest absolute Gasteiger partial charge is 0.207 e. The van der Waals surface area contributed by atoms with Crippen LogP contribution in [-0.4, -0.2) is 19.3 Å². The molecule has 0 unspecified atom stereocenters. The molecule has 1 atom stereocenters. The zero-order chi connectivity index (χ0) is 17.4. The molecule has 4 rings (SSSR count). The van der Waals surface area contributed by atoms with Gasteiger partial charge in [-0.15, -0.1) is 0 Å². The van der Waals surface area contributed by atoms with Crippen LogP contribution in [0.15, 0.2) is 53.4 Å². The third kappa shape index (κ3) is 3.02. The molecule has 0 N–H and O–H groups in total. The van der Waals surface area contributed by atoms with Gasteiger partial charge in [0.1, 0.15) is 5.82 Å². The lowest BCUT2D eigenvalue weighted by atomic mass is 9.98. The molecular weight excluding hydrogens is 337 g/mol. The van der Waals surface area contributed by atoms with Gasteiger partial charge in [-0.3, -0.25) is 0 Å². The summed E-state index contributed by atoms with van der Waals surface area (Å²) in [5, 5.41) is 0. The van der Waals surface area contributed by atoms with E-state index in [1.54, 1.807) is 16.4 Å². The Kier molecular flexibility index (Phi) is 4.21. The van der Waals surface area contributed by atoms with E-state index in [0.29, 0.717) is 17.9 Å². The van der Waals surface area contributed by atoms with E-state index >= 15 is 0 Å². The molecule has 1 saturated heterocycles. The molecule has 0 bridgehead atoms. The summed E-state index contributed by atoms with van der Waals surface area (Å²) in [6.45, 7) is 0.517. The van der Waals surface area contributed by atoms with Crippen molar-refractivity contribution in [2.75, 3.05) is 6.54 Å². The summed E-state index contributed by atoms with van der Waals surface area (Å²) < 4.78 is 41.3. The van der Waals surface area contributed by atoms with Crippen LogP contribution in [0.4, 0.5) is 4.39 Å². The third-order valence-electron chi connectivity index (χ3n) is 5.11. The predicted molar refractivity (Wildman–Crippen MR) is 96.7 cm³/mol. The molecule has 1 fully saturated rings. The van der Waals surface area contributed by atoms with Crippen LogP contribution in [0, 0.1) is 5.82 Å². The van der Waals surface area contributed by atoms with E-state index < -0.39 is 10.0 Å². The Balaban J connectivity index is 1.68. The molecule has 2 aliphatic rings. The van der Waals surface area contributed by atoms with Gasteiger partial charge in [-0.25, -0.2) is 12.8 Å². The van der Waals surface area contributed by atoms with Gasteiger partial charge < -0.3 is 0 Å². The Morgan fingerprint density at radius 3 is 2.56 bits per heavy atom. The first-order valence-electron chi connectivity index (χ1n) is 8.61. The van der Waals surface area contributed by atoms with Crippen LogP contribution in [0.2, 0.25) is 0 Å². The van der Waals surface area contributed by atoms with Crippen LogP contribution in [-0.2, 0) is 16.4 Å². The summed E-state index contributed by atoms with van der Waals surface area (Å²) in [6.07, 6.45) is 4.69. The quantitative estimate of drug-likeness (QED) is 0.822. The summed E-state index contributed by atoms with van der Waals surface area (Å²) in [7, 11) is -3.51. The Bertz CT molecular complexity index is 919. The van der Waals surface area contributed by atoms with Crippen molar-refractivity contribution in [1.29, 1.82) is 0 Å². The fraction of sp³-hybridized carbons (Fsp3) is 0.300. The Morgan fingerprint density at radius 2 is 1.76 bits per heavy atom. The summed E-state index contributed by atoms with van der Waals surface area (Å²) in [5.41, 5.74) is 3.04. The lowest BCUT2D eigenvalue weighted by Gasteiger charge is -2.27. The summed E-state index contributed by atoms with van der Waals surface area (Å²) >= 11 is 0. The monoisotopic (exact) mass is 357 g/mol. The van der Waals surface area contributed by atoms with E-state index in [1.807, 2.05) is 30.3 Å². The average molecular weight is 357 g/mol. The highest BCUT2D eigenvalue weighted by Crippen LogP contribution is 2.38. The number of nitrogens with zero attached hydrogens (tertiary/aromatic N) is 1. The summed E-state index contributed by atoms with van der Waals surface area (Å²) in [6, 6.07) is 13.9. The predicted octanol–water partition coefficient (Wildman–Crippen LogP) is 4.28. The van der Waals surface area contributed by atoms with Crippen molar-refractivity contribution < 1.29 is 12.8 Å². The van der Waals surface area contributed by atoms with E-state index in [4.69, 9.17) is 0 Å². The van der Waals surface area contributed by atoms with Crippen LogP contribution in [0.25, 0.3) is 6.08 Å². The van der Waals surface area contributed by atoms with Crippen molar-refractivity contribution in [2.24, 2.45) is 0 Å². The fourth-order valence-corrected chi connectivity index (χ4v) is 5.67. The number of aryl methyl sites for hydroxylation is 1. The van der Waals surface area contributed by atoms with Gasteiger partial charge in [0.05, 0.1) is 10.9 Å². The van der Waals surface area contributed by atoms with Crippen LogP contribution < -0.4 is 0 Å². The Morgan fingerprint density at radius 1 is 1.00 bits per heavy atom. The fourth-order valence-electron chi connectivity index (χ4n) is 3.81. The van der Waals surface area contributed by atoms with Crippen molar-refractivity contribution >= 4 is 16.1 Å². The maximum atomic E-state index is 13.2. The van der Waals surface area contributed by atoms with Crippen molar-refractivity contribution in [3.8, 4) is 0 Å². The largest absolute Gasteiger partial charge is 0.239 e. The zero-order valence-electron chi connectivity index (χ0n) is 13.9. The number of rotatable bonds is 3. The molecule has 1 heterocycles. The molecular formula is C20H20FNO2S. The number of halogens is 1. The number of benzene rings is 2. The van der Waals surface area contributed by atoms with Gasteiger partial charge in [0, 0.05) is 6.54 Å². The first kappa shape index (κ1) is 16.5. The summed E-state index contributed by atoms with van der Waals surface area (Å²) in [4.78, 5) is 0.486. The molecule has 1 aliphatic heterocycles. The lowest BCUT2D eigenvalue weighted by Crippen LogP contribution is -2.32. The van der Waals surface area contributed by atoms with Crippen LogP contribution in [0.3, 0.4) is 0 Å². The van der Waals surface area contributed by atoms with Gasteiger partial charge in [0.2, 0.25) is 10.0 Å². The molecule has 1 aliphatic carbocycles. The molecule has 3 nitrogen and oxygen atoms in total. The molecule has 25 heavy (non-hydrogen) atoms. The average Bonchev–Trinajstić information content (AvgIpc) is 3.12. The van der Waals surface area contributed by atoms with E-state index in [1.165, 1.54) is 17.7 Å². The molecule has 0 amide bonds. The number of sulfonamides is 1. The normalized spacial score (nSPS) is 21.0. The molecule has 130 valence electrons. The SMILES string of the molecule is O=S(=O)(C1=Cc2ccccc2CC1)N1CCC[C@@H]1c1ccc(F)cc1. The van der Waals surface area contributed by atoms with Gasteiger partial charge >= 0.3 is 0 Å². The van der Waals surface area contributed by atoms with Crippen LogP contribution in [0.5, 0.6) is 0 Å². The van der Waals surface area contributed by atoms with Crippen molar-refractivity contribution in [3.63, 3.8) is 0 Å². The zero-order valence-corrected chi connectivity index (χ0v) is 14.7. The Labute approximate surface area is 147 Å². The van der Waals surface area contributed by atoms with E-state index in [9.17, 15) is 12.8 Å². The number of fused-ring (bicyclic) bond motifs is 1. The Hall–Kier alpha value is -1.98. The molecule has 0 aromatic heterocycles. The van der Waals surface area contributed by atoms with Crippen LogP contribution >= 0.6 is 0 Å². The van der Waals surface area contributed by atoms with Crippen molar-refractivity contribution in [2.45, 2.75) is 31.7 Å². The van der Waals surface area contributed by atoms with E-state index in [0.717, 1.165) is 30.4 Å². The maximum Gasteiger partial charge on any atom is 0.239 e. The molecule has 5 heteroatoms. The van der Waals surface area contributed by atoms with E-state index in [2.05, 4.69) is 0 Å². The van der Waals surface area contributed by atoms with Gasteiger partial charge in [-0.2, -0.15) is 4.31 Å². The highest BCUT2D eigenvalue weighted by Gasteiger charge is 2.37. The maximum absolute atomic E-state index is 13.2. The third-order valence-corrected chi connectivity index (χ3v) is 7.15. The topological polar surface area (TPSA) is 37.4 Å². The number of allylic oxidation sites excluding steroid dienone is 1. The lowest BCUT2D eigenvalue weighted by molar-refractivity contribution is 0.400. The molecule has 0 spiro atoms. The second-order valence-corrected chi connectivity index (χ2v) is 8.58. The second-order valence-electron chi connectivity index (χ2n) is 6.63. The highest BCUT2D eigenvalue weighted by molar-refractivity contribution is 7.93. The van der Waals surface area contributed by atoms with E-state index in [-0.39, 0.29) is 11.9 Å². The number of hydrogen-bond acceptors (Lipinski definition) is 2. The van der Waals surface area contributed by atoms with Gasteiger partial charge in [0.15, 0.2) is 0 Å². The molecule has 0 saturated carbocycles.